The van der Waals surface area contributed by atoms with E-state index in [4.69, 9.17) is 4.74 Å². The molecule has 3 rings (SSSR count). The maximum absolute atomic E-state index is 12.9. The van der Waals surface area contributed by atoms with Crippen molar-refractivity contribution in [3.63, 3.8) is 0 Å². The monoisotopic (exact) mass is 414 g/mol. The molecule has 0 aliphatic carbocycles. The lowest BCUT2D eigenvalue weighted by Gasteiger charge is -2.30. The van der Waals surface area contributed by atoms with E-state index in [0.717, 1.165) is 15.6 Å². The van der Waals surface area contributed by atoms with Gasteiger partial charge in [0.25, 0.3) is 0 Å². The second kappa shape index (κ2) is 7.74. The van der Waals surface area contributed by atoms with Gasteiger partial charge in [0.15, 0.2) is 0 Å². The lowest BCUT2D eigenvalue weighted by molar-refractivity contribution is -0.143. The summed E-state index contributed by atoms with van der Waals surface area (Å²) in [5.41, 5.74) is 2.40. The maximum atomic E-state index is 12.9. The molecule has 26 heavy (non-hydrogen) atoms. The Balaban J connectivity index is 2.15. The molecule has 2 N–H and O–H groups in total. The molecule has 0 saturated heterocycles. The third-order valence-corrected chi connectivity index (χ3v) is 4.43. The molecule has 0 radical (unpaired) electrons. The molecule has 1 heterocycles. The van der Waals surface area contributed by atoms with Crippen LogP contribution < -0.4 is 10.6 Å². The first kappa shape index (κ1) is 18.2. The zero-order chi connectivity index (χ0) is 18.7. The van der Waals surface area contributed by atoms with Crippen LogP contribution in [0, 0.1) is 0 Å². The van der Waals surface area contributed by atoms with Gasteiger partial charge in [-0.05, 0) is 37.1 Å². The lowest BCUT2D eigenvalue weighted by atomic mass is 9.92. The van der Waals surface area contributed by atoms with Crippen LogP contribution in [0.1, 0.15) is 31.0 Å². The highest BCUT2D eigenvalue weighted by atomic mass is 79.9. The van der Waals surface area contributed by atoms with Crippen molar-refractivity contribution >= 4 is 33.6 Å². The molecule has 0 saturated carbocycles. The zero-order valence-corrected chi connectivity index (χ0v) is 16.0. The van der Waals surface area contributed by atoms with E-state index in [1.54, 1.807) is 13.8 Å². The van der Waals surface area contributed by atoms with Crippen LogP contribution in [-0.2, 0) is 9.53 Å². The number of carbonyl (C=O) groups is 2. The van der Waals surface area contributed by atoms with Gasteiger partial charge in [-0.2, -0.15) is 0 Å². The summed E-state index contributed by atoms with van der Waals surface area (Å²) in [6.45, 7) is 3.59. The fourth-order valence-corrected chi connectivity index (χ4v) is 3.06. The Morgan fingerprint density at radius 1 is 1.08 bits per heavy atom. The van der Waals surface area contributed by atoms with E-state index in [9.17, 15) is 9.59 Å². The van der Waals surface area contributed by atoms with Gasteiger partial charge in [0, 0.05) is 4.47 Å². The average molecular weight is 415 g/mol. The van der Waals surface area contributed by atoms with Crippen LogP contribution >= 0.6 is 15.9 Å². The van der Waals surface area contributed by atoms with Crippen molar-refractivity contribution < 1.29 is 14.3 Å². The van der Waals surface area contributed by atoms with E-state index in [1.807, 2.05) is 54.6 Å². The van der Waals surface area contributed by atoms with Crippen LogP contribution in [-0.4, -0.2) is 18.1 Å². The molecule has 1 aliphatic heterocycles. The second-order valence-corrected chi connectivity index (χ2v) is 7.11. The zero-order valence-electron chi connectivity index (χ0n) is 14.5. The number of rotatable bonds is 4. The van der Waals surface area contributed by atoms with Crippen LogP contribution in [0.15, 0.2) is 64.6 Å². The second-order valence-electron chi connectivity index (χ2n) is 6.19. The van der Waals surface area contributed by atoms with Crippen molar-refractivity contribution in [3.05, 3.63) is 75.8 Å². The summed E-state index contributed by atoms with van der Waals surface area (Å²) in [5.74, 6) is -0.459. The topological polar surface area (TPSA) is 67.4 Å². The minimum Gasteiger partial charge on any atom is -0.459 e. The van der Waals surface area contributed by atoms with E-state index in [0.29, 0.717) is 11.3 Å². The molecule has 0 bridgehead atoms. The number of hydrogen-bond donors (Lipinski definition) is 2. The van der Waals surface area contributed by atoms with Crippen molar-refractivity contribution in [1.29, 1.82) is 0 Å². The molecule has 2 aromatic carbocycles. The molecule has 2 aromatic rings. The minimum absolute atomic E-state index is 0.268. The van der Waals surface area contributed by atoms with Crippen LogP contribution in [0.5, 0.6) is 0 Å². The summed E-state index contributed by atoms with van der Waals surface area (Å²) >= 11 is 3.40. The molecule has 2 amide bonds. The number of benzene rings is 2. The number of hydrogen-bond acceptors (Lipinski definition) is 3. The normalized spacial score (nSPS) is 16.9. The molecule has 134 valence electrons. The number of esters is 1. The van der Waals surface area contributed by atoms with Gasteiger partial charge in [-0.3, -0.25) is 0 Å². The number of carbonyl (C=O) groups excluding carboxylic acids is 2. The maximum Gasteiger partial charge on any atom is 0.338 e. The molecule has 6 heteroatoms. The van der Waals surface area contributed by atoms with Crippen molar-refractivity contribution in [1.82, 2.24) is 10.6 Å². The number of urea groups is 1. The van der Waals surface area contributed by atoms with Crippen molar-refractivity contribution in [2.24, 2.45) is 0 Å². The van der Waals surface area contributed by atoms with Crippen molar-refractivity contribution in [3.8, 4) is 0 Å². The first-order valence-electron chi connectivity index (χ1n) is 8.29. The summed E-state index contributed by atoms with van der Waals surface area (Å²) in [5, 5.41) is 5.60. The number of ether oxygens (including phenoxy) is 1. The van der Waals surface area contributed by atoms with E-state index in [1.165, 1.54) is 0 Å². The Labute approximate surface area is 160 Å². The largest absolute Gasteiger partial charge is 0.459 e. The van der Waals surface area contributed by atoms with Gasteiger partial charge in [-0.25, -0.2) is 9.59 Å². The SMILES string of the molecule is CC(C)OC(=O)C1=C(c2ccccc2)NC(=O)NC1c1ccc(Br)cc1. The van der Waals surface area contributed by atoms with E-state index in [-0.39, 0.29) is 12.1 Å². The van der Waals surface area contributed by atoms with Gasteiger partial charge >= 0.3 is 12.0 Å². The van der Waals surface area contributed by atoms with Gasteiger partial charge < -0.3 is 15.4 Å². The first-order valence-corrected chi connectivity index (χ1v) is 9.08. The fourth-order valence-electron chi connectivity index (χ4n) is 2.80. The van der Waals surface area contributed by atoms with Gasteiger partial charge in [0.05, 0.1) is 23.4 Å². The summed E-state index contributed by atoms with van der Waals surface area (Å²) < 4.78 is 6.37. The third-order valence-electron chi connectivity index (χ3n) is 3.90. The smallest absolute Gasteiger partial charge is 0.338 e. The third kappa shape index (κ3) is 3.96. The van der Waals surface area contributed by atoms with Crippen molar-refractivity contribution in [2.45, 2.75) is 26.0 Å². The van der Waals surface area contributed by atoms with Gasteiger partial charge in [-0.1, -0.05) is 58.4 Å². The molecule has 0 fully saturated rings. The average Bonchev–Trinajstić information content (AvgIpc) is 2.61. The Kier molecular flexibility index (Phi) is 5.42. The Morgan fingerprint density at radius 3 is 2.35 bits per heavy atom. The summed E-state index contributed by atoms with van der Waals surface area (Å²) in [6.07, 6.45) is -0.268. The molecule has 1 atom stereocenters. The molecule has 5 nitrogen and oxygen atoms in total. The number of halogens is 1. The van der Waals surface area contributed by atoms with Crippen LogP contribution in [0.4, 0.5) is 4.79 Å². The van der Waals surface area contributed by atoms with Crippen LogP contribution in [0.25, 0.3) is 5.70 Å². The molecule has 1 aliphatic rings. The Bertz CT molecular complexity index is 845. The predicted octanol–water partition coefficient (Wildman–Crippen LogP) is 4.17. The van der Waals surface area contributed by atoms with E-state index >= 15 is 0 Å². The quantitative estimate of drug-likeness (QED) is 0.737. The summed E-state index contributed by atoms with van der Waals surface area (Å²) in [6, 6.07) is 15.8. The highest BCUT2D eigenvalue weighted by Gasteiger charge is 2.34. The molecule has 1 unspecified atom stereocenters. The predicted molar refractivity (Wildman–Crippen MR) is 103 cm³/mol. The summed E-state index contributed by atoms with van der Waals surface area (Å²) in [7, 11) is 0. The van der Waals surface area contributed by atoms with E-state index in [2.05, 4.69) is 26.6 Å². The first-order chi connectivity index (χ1) is 12.5. The molecular formula is C20H19BrN2O3. The highest BCUT2D eigenvalue weighted by molar-refractivity contribution is 9.10. The highest BCUT2D eigenvalue weighted by Crippen LogP contribution is 2.32. The lowest BCUT2D eigenvalue weighted by Crippen LogP contribution is -2.45. The van der Waals surface area contributed by atoms with Crippen molar-refractivity contribution in [2.75, 3.05) is 0 Å². The van der Waals surface area contributed by atoms with Gasteiger partial charge in [0.1, 0.15) is 0 Å². The standard InChI is InChI=1S/C20H19BrN2O3/c1-12(2)26-19(24)16-17(13-6-4-3-5-7-13)22-20(25)23-18(16)14-8-10-15(21)11-9-14/h3-12,18H,1-2H3,(H2,22,23,25). The van der Waals surface area contributed by atoms with Crippen LogP contribution in [0.2, 0.25) is 0 Å². The van der Waals surface area contributed by atoms with Gasteiger partial charge in [0.2, 0.25) is 0 Å². The molecular weight excluding hydrogens is 396 g/mol. The number of amides is 2. The van der Waals surface area contributed by atoms with E-state index < -0.39 is 12.0 Å². The Morgan fingerprint density at radius 2 is 1.73 bits per heavy atom. The number of nitrogens with one attached hydrogen (secondary N) is 2. The summed E-state index contributed by atoms with van der Waals surface area (Å²) in [4.78, 5) is 25.1. The minimum atomic E-state index is -0.599. The van der Waals surface area contributed by atoms with Crippen LogP contribution in [0.3, 0.4) is 0 Å². The Hall–Kier alpha value is -2.60. The van der Waals surface area contributed by atoms with Gasteiger partial charge in [-0.15, -0.1) is 0 Å². The molecule has 0 spiro atoms. The fraction of sp³-hybridized carbons (Fsp3) is 0.200. The molecule has 0 aromatic heterocycles.